The number of hydrogen-bond acceptors (Lipinski definition) is 1. The van der Waals surface area contributed by atoms with Crippen LogP contribution in [0.5, 0.6) is 0 Å². The van der Waals surface area contributed by atoms with Crippen LogP contribution >= 0.6 is 0 Å². The van der Waals surface area contributed by atoms with E-state index in [2.05, 4.69) is 48.5 Å². The Morgan fingerprint density at radius 2 is 1.53 bits per heavy atom. The first-order valence-corrected chi connectivity index (χ1v) is 5.99. The minimum atomic E-state index is 0.142. The third kappa shape index (κ3) is 2.99. The van der Waals surface area contributed by atoms with Crippen LogP contribution in [-0.4, -0.2) is 6.61 Å². The van der Waals surface area contributed by atoms with Gasteiger partial charge in [-0.3, -0.25) is 0 Å². The van der Waals surface area contributed by atoms with E-state index in [1.54, 1.807) is 0 Å². The van der Waals surface area contributed by atoms with Crippen LogP contribution < -0.4 is 0 Å². The predicted molar refractivity (Wildman–Crippen MR) is 65.7 cm³/mol. The van der Waals surface area contributed by atoms with Crippen molar-refractivity contribution in [2.75, 3.05) is 6.61 Å². The number of ether oxygens (including phenoxy) is 1. The van der Waals surface area contributed by atoms with Gasteiger partial charge in [0.2, 0.25) is 0 Å². The molecule has 0 aromatic carbocycles. The van der Waals surface area contributed by atoms with Gasteiger partial charge in [0.15, 0.2) is 0 Å². The topological polar surface area (TPSA) is 9.23 Å². The van der Waals surface area contributed by atoms with Gasteiger partial charge in [0.05, 0.1) is 6.61 Å². The van der Waals surface area contributed by atoms with Gasteiger partial charge in [-0.1, -0.05) is 48.5 Å². The largest absolute Gasteiger partial charge is 0.497 e. The highest BCUT2D eigenvalue weighted by Gasteiger charge is 2.33. The standard InChI is InChI=1S/C14H26O/c1-10-8-11(13(2,3)4)12(15-9-10)14(5,6)7/h10H,8-9H2,1-7H3. The van der Waals surface area contributed by atoms with Crippen LogP contribution in [0.3, 0.4) is 0 Å². The highest BCUT2D eigenvalue weighted by Crippen LogP contribution is 2.42. The molecule has 0 saturated carbocycles. The summed E-state index contributed by atoms with van der Waals surface area (Å²) in [6, 6.07) is 0. The van der Waals surface area contributed by atoms with Crippen LogP contribution in [0.2, 0.25) is 0 Å². The summed E-state index contributed by atoms with van der Waals surface area (Å²) in [5, 5.41) is 0. The maximum atomic E-state index is 5.97. The van der Waals surface area contributed by atoms with Crippen LogP contribution in [-0.2, 0) is 4.74 Å². The Balaban J connectivity index is 3.14. The molecule has 88 valence electrons. The molecule has 0 fully saturated rings. The molecule has 1 atom stereocenters. The molecule has 0 aromatic rings. The highest BCUT2D eigenvalue weighted by molar-refractivity contribution is 5.22. The fourth-order valence-electron chi connectivity index (χ4n) is 2.13. The second-order valence-corrected chi connectivity index (χ2v) is 6.93. The van der Waals surface area contributed by atoms with Crippen molar-refractivity contribution in [3.8, 4) is 0 Å². The first-order chi connectivity index (χ1) is 6.62. The Kier molecular flexibility index (Phi) is 3.23. The SMILES string of the molecule is CC1COC(C(C)(C)C)=C(C(C)(C)C)C1. The lowest BCUT2D eigenvalue weighted by Gasteiger charge is -2.38. The summed E-state index contributed by atoms with van der Waals surface area (Å²) < 4.78 is 5.97. The third-order valence-electron chi connectivity index (χ3n) is 2.93. The first kappa shape index (κ1) is 12.6. The van der Waals surface area contributed by atoms with E-state index in [0.717, 1.165) is 6.61 Å². The van der Waals surface area contributed by atoms with Gasteiger partial charge in [-0.2, -0.15) is 0 Å². The minimum absolute atomic E-state index is 0.142. The van der Waals surface area contributed by atoms with E-state index < -0.39 is 0 Å². The van der Waals surface area contributed by atoms with E-state index in [9.17, 15) is 0 Å². The van der Waals surface area contributed by atoms with E-state index in [-0.39, 0.29) is 10.8 Å². The fourth-order valence-corrected chi connectivity index (χ4v) is 2.13. The molecule has 15 heavy (non-hydrogen) atoms. The average Bonchev–Trinajstić information content (AvgIpc) is 2.00. The molecule has 0 N–H and O–H groups in total. The molecule has 1 rings (SSSR count). The van der Waals surface area contributed by atoms with Crippen LogP contribution in [0.25, 0.3) is 0 Å². The van der Waals surface area contributed by atoms with Gasteiger partial charge in [0.25, 0.3) is 0 Å². The van der Waals surface area contributed by atoms with E-state index in [1.165, 1.54) is 17.8 Å². The van der Waals surface area contributed by atoms with Gasteiger partial charge in [0, 0.05) is 5.41 Å². The number of rotatable bonds is 0. The van der Waals surface area contributed by atoms with Gasteiger partial charge < -0.3 is 4.74 Å². The Morgan fingerprint density at radius 3 is 1.93 bits per heavy atom. The molecule has 1 heteroatoms. The molecule has 0 radical (unpaired) electrons. The second kappa shape index (κ2) is 3.84. The van der Waals surface area contributed by atoms with Crippen molar-refractivity contribution in [3.63, 3.8) is 0 Å². The van der Waals surface area contributed by atoms with Gasteiger partial charge in [-0.05, 0) is 23.3 Å². The molecule has 0 bridgehead atoms. The minimum Gasteiger partial charge on any atom is -0.497 e. The summed E-state index contributed by atoms with van der Waals surface area (Å²) in [5.74, 6) is 1.89. The fraction of sp³-hybridized carbons (Fsp3) is 0.857. The van der Waals surface area contributed by atoms with Crippen molar-refractivity contribution in [2.45, 2.75) is 54.9 Å². The summed E-state index contributed by atoms with van der Waals surface area (Å²) in [5.41, 5.74) is 1.88. The van der Waals surface area contributed by atoms with E-state index >= 15 is 0 Å². The molecule has 0 saturated heterocycles. The summed E-state index contributed by atoms with van der Waals surface area (Å²) in [6.45, 7) is 16.7. The van der Waals surface area contributed by atoms with Crippen LogP contribution in [0.15, 0.2) is 11.3 Å². The van der Waals surface area contributed by atoms with E-state index in [1.807, 2.05) is 0 Å². The number of hydrogen-bond donors (Lipinski definition) is 0. The van der Waals surface area contributed by atoms with Gasteiger partial charge in [-0.15, -0.1) is 0 Å². The molecular weight excluding hydrogens is 184 g/mol. The molecule has 1 aliphatic heterocycles. The van der Waals surface area contributed by atoms with Gasteiger partial charge >= 0.3 is 0 Å². The van der Waals surface area contributed by atoms with Crippen LogP contribution in [0.1, 0.15) is 54.9 Å². The van der Waals surface area contributed by atoms with Crippen molar-refractivity contribution in [3.05, 3.63) is 11.3 Å². The zero-order valence-electron chi connectivity index (χ0n) is 11.4. The monoisotopic (exact) mass is 210 g/mol. The lowest BCUT2D eigenvalue weighted by Crippen LogP contribution is -2.28. The maximum absolute atomic E-state index is 5.97. The Morgan fingerprint density at radius 1 is 1.00 bits per heavy atom. The summed E-state index contributed by atoms with van der Waals surface area (Å²) in [4.78, 5) is 0. The molecule has 1 heterocycles. The second-order valence-electron chi connectivity index (χ2n) is 6.93. The number of allylic oxidation sites excluding steroid dienone is 2. The van der Waals surface area contributed by atoms with E-state index in [4.69, 9.17) is 4.74 Å². The molecular formula is C14H26O. The van der Waals surface area contributed by atoms with Crippen LogP contribution in [0.4, 0.5) is 0 Å². The smallest absolute Gasteiger partial charge is 0.101 e. The third-order valence-corrected chi connectivity index (χ3v) is 2.93. The highest BCUT2D eigenvalue weighted by atomic mass is 16.5. The normalized spacial score (nSPS) is 24.1. The molecule has 0 aromatic heterocycles. The van der Waals surface area contributed by atoms with Gasteiger partial charge in [0.1, 0.15) is 5.76 Å². The maximum Gasteiger partial charge on any atom is 0.101 e. The molecule has 1 unspecified atom stereocenters. The van der Waals surface area contributed by atoms with Gasteiger partial charge in [-0.25, -0.2) is 0 Å². The Bertz CT molecular complexity index is 260. The summed E-state index contributed by atoms with van der Waals surface area (Å²) >= 11 is 0. The molecule has 0 amide bonds. The van der Waals surface area contributed by atoms with Crippen molar-refractivity contribution in [1.82, 2.24) is 0 Å². The first-order valence-electron chi connectivity index (χ1n) is 5.99. The van der Waals surface area contributed by atoms with Crippen molar-refractivity contribution < 1.29 is 4.74 Å². The van der Waals surface area contributed by atoms with Crippen molar-refractivity contribution in [1.29, 1.82) is 0 Å². The quantitative estimate of drug-likeness (QED) is 0.576. The van der Waals surface area contributed by atoms with E-state index in [0.29, 0.717) is 5.92 Å². The summed E-state index contributed by atoms with van der Waals surface area (Å²) in [6.07, 6.45) is 1.19. The van der Waals surface area contributed by atoms with Crippen molar-refractivity contribution >= 4 is 0 Å². The predicted octanol–water partition coefficient (Wildman–Crippen LogP) is 4.39. The lowest BCUT2D eigenvalue weighted by molar-refractivity contribution is 0.0900. The van der Waals surface area contributed by atoms with Crippen LogP contribution in [0, 0.1) is 16.7 Å². The Hall–Kier alpha value is -0.460. The summed E-state index contributed by atoms with van der Waals surface area (Å²) in [7, 11) is 0. The molecule has 1 aliphatic rings. The lowest BCUT2D eigenvalue weighted by atomic mass is 9.75. The zero-order chi connectivity index (χ0) is 11.9. The van der Waals surface area contributed by atoms with Crippen molar-refractivity contribution in [2.24, 2.45) is 16.7 Å². The average molecular weight is 210 g/mol. The molecule has 0 spiro atoms. The molecule has 0 aliphatic carbocycles. The zero-order valence-corrected chi connectivity index (χ0v) is 11.4. The Labute approximate surface area is 94.9 Å². The molecule has 1 nitrogen and oxygen atoms in total.